The molecule has 0 radical (unpaired) electrons. The lowest BCUT2D eigenvalue weighted by atomic mass is 10.1. The van der Waals surface area contributed by atoms with Crippen molar-refractivity contribution in [3.8, 4) is 0 Å². The van der Waals surface area contributed by atoms with E-state index in [1.807, 2.05) is 55.5 Å². The van der Waals surface area contributed by atoms with Crippen LogP contribution >= 0.6 is 0 Å². The molecule has 0 fully saturated rings. The lowest BCUT2D eigenvalue weighted by Crippen LogP contribution is -2.41. The van der Waals surface area contributed by atoms with Crippen LogP contribution < -0.4 is 15.4 Å². The van der Waals surface area contributed by atoms with Gasteiger partial charge in [-0.05, 0) is 30.9 Å². The van der Waals surface area contributed by atoms with E-state index in [0.29, 0.717) is 25.6 Å². The van der Waals surface area contributed by atoms with Gasteiger partial charge in [-0.25, -0.2) is 13.1 Å². The van der Waals surface area contributed by atoms with E-state index in [1.165, 1.54) is 5.56 Å². The molecule has 0 saturated heterocycles. The Bertz CT molecular complexity index is 809. The molecule has 0 spiro atoms. The van der Waals surface area contributed by atoms with Gasteiger partial charge in [0, 0.05) is 26.2 Å². The molecule has 7 heteroatoms. The van der Waals surface area contributed by atoms with E-state index in [0.717, 1.165) is 24.9 Å². The van der Waals surface area contributed by atoms with Gasteiger partial charge in [0.15, 0.2) is 5.96 Å². The van der Waals surface area contributed by atoms with E-state index in [4.69, 9.17) is 0 Å². The fraction of sp³-hybridized carbons (Fsp3) is 0.381. The molecule has 0 bridgehead atoms. The van der Waals surface area contributed by atoms with Gasteiger partial charge < -0.3 is 10.6 Å². The summed E-state index contributed by atoms with van der Waals surface area (Å²) in [5.41, 5.74) is 2.23. The Kier molecular flexibility index (Phi) is 9.51. The maximum Gasteiger partial charge on any atom is 0.213 e. The van der Waals surface area contributed by atoms with Crippen LogP contribution in [0.15, 0.2) is 65.7 Å². The van der Waals surface area contributed by atoms with Gasteiger partial charge in [-0.2, -0.15) is 0 Å². The van der Waals surface area contributed by atoms with E-state index in [1.54, 1.807) is 0 Å². The molecule has 0 aromatic heterocycles. The molecule has 0 amide bonds. The van der Waals surface area contributed by atoms with Crippen molar-refractivity contribution in [3.05, 3.63) is 71.8 Å². The SMILES string of the molecule is CCNC(=NCCCc1ccccc1)NCCS(=O)(=O)NCc1ccccc1. The molecular weight excluding hydrogens is 372 g/mol. The maximum atomic E-state index is 12.1. The molecule has 0 aliphatic heterocycles. The van der Waals surface area contributed by atoms with Crippen LogP contribution in [0, 0.1) is 0 Å². The Hall–Kier alpha value is -2.38. The van der Waals surface area contributed by atoms with Crippen LogP contribution in [0.5, 0.6) is 0 Å². The van der Waals surface area contributed by atoms with Crippen LogP contribution in [0.4, 0.5) is 0 Å². The molecule has 2 rings (SSSR count). The molecule has 3 N–H and O–H groups in total. The number of aryl methyl sites for hydroxylation is 1. The van der Waals surface area contributed by atoms with Crippen molar-refractivity contribution >= 4 is 16.0 Å². The summed E-state index contributed by atoms with van der Waals surface area (Å²) in [6.07, 6.45) is 1.92. The van der Waals surface area contributed by atoms with E-state index < -0.39 is 10.0 Å². The normalized spacial score (nSPS) is 12.0. The second-order valence-electron chi connectivity index (χ2n) is 6.40. The molecule has 0 heterocycles. The third kappa shape index (κ3) is 9.01. The number of nitrogens with one attached hydrogen (secondary N) is 3. The smallest absolute Gasteiger partial charge is 0.213 e. The van der Waals surface area contributed by atoms with Crippen molar-refractivity contribution in [2.75, 3.05) is 25.4 Å². The monoisotopic (exact) mass is 402 g/mol. The van der Waals surface area contributed by atoms with Crippen molar-refractivity contribution in [1.29, 1.82) is 0 Å². The molecule has 0 aliphatic carbocycles. The highest BCUT2D eigenvalue weighted by atomic mass is 32.2. The zero-order valence-corrected chi connectivity index (χ0v) is 17.2. The van der Waals surface area contributed by atoms with Gasteiger partial charge >= 0.3 is 0 Å². The van der Waals surface area contributed by atoms with Crippen LogP contribution in [0.25, 0.3) is 0 Å². The third-order valence-electron chi connectivity index (χ3n) is 4.08. The molecule has 2 aromatic carbocycles. The molecule has 28 heavy (non-hydrogen) atoms. The van der Waals surface area contributed by atoms with Gasteiger partial charge in [-0.15, -0.1) is 0 Å². The van der Waals surface area contributed by atoms with Crippen molar-refractivity contribution < 1.29 is 8.42 Å². The lowest BCUT2D eigenvalue weighted by Gasteiger charge is -2.12. The van der Waals surface area contributed by atoms with E-state index >= 15 is 0 Å². The summed E-state index contributed by atoms with van der Waals surface area (Å²) in [5, 5.41) is 6.24. The summed E-state index contributed by atoms with van der Waals surface area (Å²) in [4.78, 5) is 4.52. The minimum absolute atomic E-state index is 0.00569. The number of sulfonamides is 1. The molecule has 0 unspecified atom stereocenters. The van der Waals surface area contributed by atoms with Crippen molar-refractivity contribution in [1.82, 2.24) is 15.4 Å². The average molecular weight is 403 g/mol. The van der Waals surface area contributed by atoms with Gasteiger partial charge in [-0.3, -0.25) is 4.99 Å². The Morgan fingerprint density at radius 1 is 0.929 bits per heavy atom. The van der Waals surface area contributed by atoms with Crippen molar-refractivity contribution in [2.45, 2.75) is 26.3 Å². The van der Waals surface area contributed by atoms with Crippen LogP contribution in [-0.4, -0.2) is 39.8 Å². The lowest BCUT2D eigenvalue weighted by molar-refractivity contribution is 0.580. The number of nitrogens with zero attached hydrogens (tertiary/aromatic N) is 1. The summed E-state index contributed by atoms with van der Waals surface area (Å²) in [7, 11) is -3.35. The first kappa shape index (κ1) is 21.9. The first-order chi connectivity index (χ1) is 13.6. The van der Waals surface area contributed by atoms with Gasteiger partial charge in [0.2, 0.25) is 10.0 Å². The summed E-state index contributed by atoms with van der Waals surface area (Å²) in [5.74, 6) is 0.641. The van der Waals surface area contributed by atoms with Crippen LogP contribution in [0.2, 0.25) is 0 Å². The molecule has 6 nitrogen and oxygen atoms in total. The highest BCUT2D eigenvalue weighted by Crippen LogP contribution is 2.02. The number of rotatable bonds is 11. The van der Waals surface area contributed by atoms with Crippen molar-refractivity contribution in [2.24, 2.45) is 4.99 Å². The number of hydrogen-bond donors (Lipinski definition) is 3. The molecule has 2 aromatic rings. The van der Waals surface area contributed by atoms with Crippen molar-refractivity contribution in [3.63, 3.8) is 0 Å². The quantitative estimate of drug-likeness (QED) is 0.306. The van der Waals surface area contributed by atoms with Gasteiger partial charge in [0.25, 0.3) is 0 Å². The Labute approximate surface area is 168 Å². The van der Waals surface area contributed by atoms with Gasteiger partial charge in [0.05, 0.1) is 5.75 Å². The highest BCUT2D eigenvalue weighted by molar-refractivity contribution is 7.89. The number of guanidine groups is 1. The summed E-state index contributed by atoms with van der Waals surface area (Å²) < 4.78 is 26.9. The average Bonchev–Trinajstić information content (AvgIpc) is 2.71. The minimum atomic E-state index is -3.35. The summed E-state index contributed by atoms with van der Waals surface area (Å²) in [6, 6.07) is 19.8. The minimum Gasteiger partial charge on any atom is -0.357 e. The largest absolute Gasteiger partial charge is 0.357 e. The standard InChI is InChI=1S/C21H30N4O2S/c1-2-22-21(23-15-9-14-19-10-5-3-6-11-19)24-16-17-28(26,27)25-18-20-12-7-4-8-13-20/h3-8,10-13,25H,2,9,14-18H2,1H3,(H2,22,23,24). The predicted octanol–water partition coefficient (Wildman–Crippen LogP) is 2.29. The summed E-state index contributed by atoms with van der Waals surface area (Å²) in [6.45, 7) is 4.00. The van der Waals surface area contributed by atoms with E-state index in [-0.39, 0.29) is 5.75 Å². The topological polar surface area (TPSA) is 82.6 Å². The third-order valence-corrected chi connectivity index (χ3v) is 5.41. The van der Waals surface area contributed by atoms with Gasteiger partial charge in [0.1, 0.15) is 0 Å². The molecule has 152 valence electrons. The molecule has 0 aliphatic rings. The zero-order chi connectivity index (χ0) is 20.1. The Morgan fingerprint density at radius 2 is 1.57 bits per heavy atom. The second kappa shape index (κ2) is 12.2. The van der Waals surface area contributed by atoms with E-state index in [2.05, 4.69) is 32.5 Å². The van der Waals surface area contributed by atoms with Gasteiger partial charge in [-0.1, -0.05) is 60.7 Å². The number of hydrogen-bond acceptors (Lipinski definition) is 3. The summed E-state index contributed by atoms with van der Waals surface area (Å²) >= 11 is 0. The van der Waals surface area contributed by atoms with Crippen LogP contribution in [0.3, 0.4) is 0 Å². The van der Waals surface area contributed by atoms with E-state index in [9.17, 15) is 8.42 Å². The Balaban J connectivity index is 1.72. The molecular formula is C21H30N4O2S. The zero-order valence-electron chi connectivity index (χ0n) is 16.4. The first-order valence-corrected chi connectivity index (χ1v) is 11.3. The number of benzene rings is 2. The van der Waals surface area contributed by atoms with Crippen LogP contribution in [0.1, 0.15) is 24.5 Å². The van der Waals surface area contributed by atoms with Crippen LogP contribution in [-0.2, 0) is 23.0 Å². The Morgan fingerprint density at radius 3 is 2.21 bits per heavy atom. The highest BCUT2D eigenvalue weighted by Gasteiger charge is 2.10. The predicted molar refractivity (Wildman–Crippen MR) is 116 cm³/mol. The maximum absolute atomic E-state index is 12.1. The fourth-order valence-corrected chi connectivity index (χ4v) is 3.53. The second-order valence-corrected chi connectivity index (χ2v) is 8.33. The molecule has 0 saturated carbocycles. The molecule has 0 atom stereocenters. The number of aliphatic imine (C=N–C) groups is 1. The fourth-order valence-electron chi connectivity index (χ4n) is 2.63. The first-order valence-electron chi connectivity index (χ1n) is 9.66.